The molecular formula is C33H51N3O. The Morgan fingerprint density at radius 3 is 1.81 bits per heavy atom. The van der Waals surface area contributed by atoms with Gasteiger partial charge in [0.25, 0.3) is 0 Å². The van der Waals surface area contributed by atoms with E-state index in [1.54, 1.807) is 5.56 Å². The Balaban J connectivity index is 1.32. The van der Waals surface area contributed by atoms with Gasteiger partial charge in [0.15, 0.2) is 0 Å². The van der Waals surface area contributed by atoms with Gasteiger partial charge in [-0.1, -0.05) is 69.6 Å². The zero-order valence-corrected chi connectivity index (χ0v) is 23.4. The lowest BCUT2D eigenvalue weighted by Gasteiger charge is -2.58. The average Bonchev–Trinajstić information content (AvgIpc) is 3.36. The molecule has 2 saturated carbocycles. The topological polar surface area (TPSA) is 26.8 Å². The summed E-state index contributed by atoms with van der Waals surface area (Å²) < 4.78 is 0. The summed E-state index contributed by atoms with van der Waals surface area (Å²) in [5, 5.41) is 0. The Morgan fingerprint density at radius 2 is 1.24 bits per heavy atom. The number of nitrogens with zero attached hydrogens (tertiary/aromatic N) is 3. The van der Waals surface area contributed by atoms with E-state index in [9.17, 15) is 4.79 Å². The summed E-state index contributed by atoms with van der Waals surface area (Å²) in [6, 6.07) is 7.58. The summed E-state index contributed by atoms with van der Waals surface area (Å²) in [6.45, 7) is 6.77. The molecule has 204 valence electrons. The molecule has 2 aliphatic carbocycles. The highest BCUT2D eigenvalue weighted by Gasteiger charge is 2.51. The lowest BCUT2D eigenvalue weighted by Crippen LogP contribution is -2.64. The van der Waals surface area contributed by atoms with Crippen molar-refractivity contribution in [3.8, 4) is 0 Å². The van der Waals surface area contributed by atoms with Crippen LogP contribution in [0.2, 0.25) is 0 Å². The van der Waals surface area contributed by atoms with Gasteiger partial charge in [0.1, 0.15) is 5.66 Å². The lowest BCUT2D eigenvalue weighted by molar-refractivity contribution is -0.137. The summed E-state index contributed by atoms with van der Waals surface area (Å²) in [4.78, 5) is 21.5. The molecule has 3 aliphatic heterocycles. The van der Waals surface area contributed by atoms with Gasteiger partial charge in [-0.2, -0.15) is 0 Å². The number of rotatable bonds is 5. The van der Waals surface area contributed by atoms with E-state index in [4.69, 9.17) is 0 Å². The lowest BCUT2D eigenvalue weighted by atomic mass is 9.69. The van der Waals surface area contributed by atoms with Crippen molar-refractivity contribution in [1.29, 1.82) is 0 Å². The van der Waals surface area contributed by atoms with Crippen LogP contribution in [0.1, 0.15) is 119 Å². The van der Waals surface area contributed by atoms with Crippen LogP contribution in [0.4, 0.5) is 0 Å². The van der Waals surface area contributed by atoms with Crippen molar-refractivity contribution in [3.05, 3.63) is 34.9 Å². The number of hydrogen-bond donors (Lipinski definition) is 0. The molecule has 2 saturated heterocycles. The Labute approximate surface area is 226 Å². The monoisotopic (exact) mass is 505 g/mol. The maximum atomic E-state index is 13.3. The maximum Gasteiger partial charge on any atom is 0.225 e. The molecule has 4 nitrogen and oxygen atoms in total. The van der Waals surface area contributed by atoms with Crippen LogP contribution in [0, 0.1) is 11.8 Å². The summed E-state index contributed by atoms with van der Waals surface area (Å²) in [5.74, 6) is 1.48. The molecule has 3 heterocycles. The van der Waals surface area contributed by atoms with Crippen molar-refractivity contribution in [3.63, 3.8) is 0 Å². The minimum absolute atomic E-state index is 0.0804. The zero-order chi connectivity index (χ0) is 25.1. The van der Waals surface area contributed by atoms with Gasteiger partial charge in [-0.3, -0.25) is 14.6 Å². The molecule has 4 heteroatoms. The molecule has 1 amide bonds. The average molecular weight is 506 g/mol. The third-order valence-electron chi connectivity index (χ3n) is 10.8. The molecule has 0 N–H and O–H groups in total. The van der Waals surface area contributed by atoms with Crippen LogP contribution in [0.5, 0.6) is 0 Å². The first-order chi connectivity index (χ1) is 18.3. The summed E-state index contributed by atoms with van der Waals surface area (Å²) in [6.07, 6.45) is 22.2. The first kappa shape index (κ1) is 25.9. The predicted molar refractivity (Wildman–Crippen MR) is 151 cm³/mol. The fraction of sp³-hybridized carbons (Fsp3) is 0.788. The Bertz CT molecular complexity index is 882. The first-order valence-corrected chi connectivity index (χ1v) is 16.2. The van der Waals surface area contributed by atoms with Crippen molar-refractivity contribution in [1.82, 2.24) is 14.7 Å². The van der Waals surface area contributed by atoms with Gasteiger partial charge < -0.3 is 4.90 Å². The Morgan fingerprint density at radius 1 is 0.649 bits per heavy atom. The van der Waals surface area contributed by atoms with E-state index in [0.717, 1.165) is 38.3 Å². The van der Waals surface area contributed by atoms with Gasteiger partial charge in [-0.15, -0.1) is 0 Å². The molecule has 4 fully saturated rings. The number of benzene rings is 1. The fourth-order valence-electron chi connectivity index (χ4n) is 8.53. The first-order valence-electron chi connectivity index (χ1n) is 16.2. The highest BCUT2D eigenvalue weighted by molar-refractivity contribution is 5.79. The highest BCUT2D eigenvalue weighted by atomic mass is 16.2. The van der Waals surface area contributed by atoms with Crippen molar-refractivity contribution in [2.75, 3.05) is 32.7 Å². The number of carbonyl (C=O) groups is 1. The van der Waals surface area contributed by atoms with Gasteiger partial charge in [0, 0.05) is 45.2 Å². The number of amides is 1. The van der Waals surface area contributed by atoms with E-state index in [1.807, 2.05) is 0 Å². The molecule has 0 atom stereocenters. The zero-order valence-electron chi connectivity index (χ0n) is 23.4. The fourth-order valence-corrected chi connectivity index (χ4v) is 8.53. The van der Waals surface area contributed by atoms with Crippen LogP contribution < -0.4 is 0 Å². The summed E-state index contributed by atoms with van der Waals surface area (Å²) in [5.41, 5.74) is 4.61. The minimum Gasteiger partial charge on any atom is -0.338 e. The van der Waals surface area contributed by atoms with Gasteiger partial charge in [-0.25, -0.2) is 0 Å². The SMILES string of the molecule is O=C(C1CCCCC1)N1CCc2cc(C(C3CCC3)(N3CCCCCC3)N3CCCCCC3)ccc2C1. The van der Waals surface area contributed by atoms with E-state index < -0.39 is 0 Å². The quantitative estimate of drug-likeness (QED) is 0.437. The van der Waals surface area contributed by atoms with Crippen LogP contribution in [0.25, 0.3) is 0 Å². The molecule has 0 unspecified atom stereocenters. The molecule has 1 aromatic carbocycles. The van der Waals surface area contributed by atoms with E-state index in [-0.39, 0.29) is 11.6 Å². The number of hydrogen-bond acceptors (Lipinski definition) is 3. The number of fused-ring (bicyclic) bond motifs is 1. The van der Waals surface area contributed by atoms with Crippen LogP contribution in [0.15, 0.2) is 18.2 Å². The van der Waals surface area contributed by atoms with Crippen molar-refractivity contribution < 1.29 is 4.79 Å². The normalized spacial score (nSPS) is 25.7. The second kappa shape index (κ2) is 11.8. The maximum absolute atomic E-state index is 13.3. The van der Waals surface area contributed by atoms with Crippen LogP contribution in [-0.2, 0) is 23.4 Å². The molecule has 5 aliphatic rings. The number of likely N-dealkylation sites (tertiary alicyclic amines) is 2. The third kappa shape index (κ3) is 5.14. The molecule has 0 radical (unpaired) electrons. The molecule has 37 heavy (non-hydrogen) atoms. The number of carbonyl (C=O) groups excluding carboxylic acids is 1. The van der Waals surface area contributed by atoms with E-state index in [1.165, 1.54) is 127 Å². The van der Waals surface area contributed by atoms with E-state index in [2.05, 4.69) is 32.9 Å². The van der Waals surface area contributed by atoms with Crippen molar-refractivity contribution in [2.24, 2.45) is 11.8 Å². The molecular weight excluding hydrogens is 454 g/mol. The van der Waals surface area contributed by atoms with Gasteiger partial charge in [0.2, 0.25) is 5.91 Å². The molecule has 0 spiro atoms. The predicted octanol–water partition coefficient (Wildman–Crippen LogP) is 6.86. The summed E-state index contributed by atoms with van der Waals surface area (Å²) in [7, 11) is 0. The summed E-state index contributed by atoms with van der Waals surface area (Å²) >= 11 is 0. The van der Waals surface area contributed by atoms with Crippen molar-refractivity contribution in [2.45, 2.75) is 121 Å². The molecule has 6 rings (SSSR count). The minimum atomic E-state index is 0.0804. The second-order valence-electron chi connectivity index (χ2n) is 13.0. The second-order valence-corrected chi connectivity index (χ2v) is 13.0. The Kier molecular flexibility index (Phi) is 8.23. The molecule has 0 aromatic heterocycles. The van der Waals surface area contributed by atoms with Gasteiger partial charge in [0.05, 0.1) is 0 Å². The van der Waals surface area contributed by atoms with Crippen LogP contribution in [-0.4, -0.2) is 53.3 Å². The largest absolute Gasteiger partial charge is 0.338 e. The Hall–Kier alpha value is -1.39. The van der Waals surface area contributed by atoms with E-state index in [0.29, 0.717) is 5.91 Å². The van der Waals surface area contributed by atoms with Gasteiger partial charge >= 0.3 is 0 Å². The smallest absolute Gasteiger partial charge is 0.225 e. The third-order valence-corrected chi connectivity index (χ3v) is 10.8. The van der Waals surface area contributed by atoms with E-state index >= 15 is 0 Å². The standard InChI is InChI=1S/C33H51N3O/c37-32(27-13-6-5-7-14-27)34-24-19-28-25-31(18-17-29(28)26-34)33(30-15-12-16-30,35-20-8-1-2-9-21-35)36-22-10-3-4-11-23-36/h17-18,25,27,30H,1-16,19-24,26H2. The highest BCUT2D eigenvalue weighted by Crippen LogP contribution is 2.50. The van der Waals surface area contributed by atoms with Crippen LogP contribution in [0.3, 0.4) is 0 Å². The van der Waals surface area contributed by atoms with Crippen LogP contribution >= 0.6 is 0 Å². The molecule has 1 aromatic rings. The van der Waals surface area contributed by atoms with Gasteiger partial charge in [-0.05, 0) is 80.4 Å². The molecule has 0 bridgehead atoms. The van der Waals surface area contributed by atoms with Crippen molar-refractivity contribution >= 4 is 5.91 Å².